The van der Waals surface area contributed by atoms with E-state index in [1.165, 1.54) is 11.1 Å². The fourth-order valence-electron chi connectivity index (χ4n) is 3.61. The number of hydrogen-bond acceptors (Lipinski definition) is 4. The first-order chi connectivity index (χ1) is 12.8. The summed E-state index contributed by atoms with van der Waals surface area (Å²) >= 11 is 0. The van der Waals surface area contributed by atoms with Gasteiger partial charge in [0.1, 0.15) is 5.75 Å². The fourth-order valence-corrected chi connectivity index (χ4v) is 3.61. The molecule has 0 spiro atoms. The molecule has 136 valence electrons. The highest BCUT2D eigenvalue weighted by Gasteiger charge is 2.20. The first kappa shape index (κ1) is 17.1. The highest BCUT2D eigenvalue weighted by Crippen LogP contribution is 2.23. The molecule has 26 heavy (non-hydrogen) atoms. The van der Waals surface area contributed by atoms with E-state index in [1.54, 1.807) is 7.11 Å². The van der Waals surface area contributed by atoms with Gasteiger partial charge in [-0.3, -0.25) is 9.88 Å². The number of rotatable bonds is 7. The van der Waals surface area contributed by atoms with Gasteiger partial charge in [-0.05, 0) is 49.2 Å². The molecule has 2 aromatic heterocycles. The molecule has 0 saturated carbocycles. The maximum absolute atomic E-state index is 5.86. The Kier molecular flexibility index (Phi) is 5.18. The monoisotopic (exact) mass is 351 g/mol. The lowest BCUT2D eigenvalue weighted by Crippen LogP contribution is -2.31. The van der Waals surface area contributed by atoms with Gasteiger partial charge < -0.3 is 14.5 Å². The van der Waals surface area contributed by atoms with Gasteiger partial charge in [0.2, 0.25) is 0 Å². The fraction of sp³-hybridized carbons (Fsp3) is 0.381. The van der Waals surface area contributed by atoms with E-state index in [2.05, 4.69) is 39.1 Å². The van der Waals surface area contributed by atoms with E-state index in [4.69, 9.17) is 9.47 Å². The summed E-state index contributed by atoms with van der Waals surface area (Å²) < 4.78 is 11.2. The standard InChI is InChI=1S/C21H25N3O2/c1-25-19-7-8-21-16(12-19)11-18(23-21)14-24(15-20-6-4-10-26-20)13-17-5-2-3-9-22-17/h2-3,5,7-9,11-12,20,23H,4,6,10,13-15H2,1H3/t20-/m1/s1. The lowest BCUT2D eigenvalue weighted by Gasteiger charge is -2.24. The summed E-state index contributed by atoms with van der Waals surface area (Å²) in [4.78, 5) is 10.4. The SMILES string of the molecule is COc1ccc2[nH]c(CN(Cc3ccccn3)C[C@H]3CCCO3)cc2c1. The van der Waals surface area contributed by atoms with Crippen LogP contribution < -0.4 is 4.74 Å². The molecule has 3 heterocycles. The Hall–Kier alpha value is -2.37. The highest BCUT2D eigenvalue weighted by molar-refractivity contribution is 5.81. The number of fused-ring (bicyclic) bond motifs is 1. The van der Waals surface area contributed by atoms with Gasteiger partial charge in [0.15, 0.2) is 0 Å². The van der Waals surface area contributed by atoms with Gasteiger partial charge in [0.05, 0.1) is 18.9 Å². The Morgan fingerprint density at radius 3 is 2.96 bits per heavy atom. The minimum Gasteiger partial charge on any atom is -0.497 e. The van der Waals surface area contributed by atoms with Crippen molar-refractivity contribution in [1.82, 2.24) is 14.9 Å². The third kappa shape index (κ3) is 4.06. The van der Waals surface area contributed by atoms with Crippen LogP contribution in [0.2, 0.25) is 0 Å². The van der Waals surface area contributed by atoms with Crippen molar-refractivity contribution >= 4 is 10.9 Å². The molecule has 5 heteroatoms. The summed E-state index contributed by atoms with van der Waals surface area (Å²) in [6.45, 7) is 3.47. The van der Waals surface area contributed by atoms with Gasteiger partial charge in [-0.15, -0.1) is 0 Å². The molecule has 1 aromatic carbocycles. The van der Waals surface area contributed by atoms with E-state index in [-0.39, 0.29) is 0 Å². The zero-order valence-electron chi connectivity index (χ0n) is 15.1. The van der Waals surface area contributed by atoms with Gasteiger partial charge in [0.25, 0.3) is 0 Å². The van der Waals surface area contributed by atoms with E-state index in [0.29, 0.717) is 6.10 Å². The van der Waals surface area contributed by atoms with Crippen LogP contribution in [0.15, 0.2) is 48.7 Å². The molecular weight excluding hydrogens is 326 g/mol. The van der Waals surface area contributed by atoms with E-state index >= 15 is 0 Å². The molecule has 4 rings (SSSR count). The van der Waals surface area contributed by atoms with Gasteiger partial charge >= 0.3 is 0 Å². The van der Waals surface area contributed by atoms with E-state index in [1.807, 2.05) is 24.4 Å². The van der Waals surface area contributed by atoms with Crippen molar-refractivity contribution in [3.05, 3.63) is 60.0 Å². The second-order valence-electron chi connectivity index (χ2n) is 6.87. The average Bonchev–Trinajstić information content (AvgIpc) is 3.31. The van der Waals surface area contributed by atoms with Crippen molar-refractivity contribution in [2.75, 3.05) is 20.3 Å². The van der Waals surface area contributed by atoms with Crippen molar-refractivity contribution < 1.29 is 9.47 Å². The van der Waals surface area contributed by atoms with Gasteiger partial charge in [0, 0.05) is 49.0 Å². The Balaban J connectivity index is 1.52. The lowest BCUT2D eigenvalue weighted by molar-refractivity contribution is 0.0671. The highest BCUT2D eigenvalue weighted by atomic mass is 16.5. The number of nitrogens with one attached hydrogen (secondary N) is 1. The third-order valence-electron chi connectivity index (χ3n) is 4.88. The molecule has 0 amide bonds. The molecule has 1 atom stereocenters. The Labute approximate surface area is 153 Å². The Bertz CT molecular complexity index is 841. The molecule has 1 fully saturated rings. The number of H-pyrrole nitrogens is 1. The topological polar surface area (TPSA) is 50.4 Å². The summed E-state index contributed by atoms with van der Waals surface area (Å²) in [7, 11) is 1.70. The van der Waals surface area contributed by atoms with Crippen molar-refractivity contribution in [3.8, 4) is 5.75 Å². The molecule has 1 saturated heterocycles. The van der Waals surface area contributed by atoms with Crippen LogP contribution in [0, 0.1) is 0 Å². The Morgan fingerprint density at radius 1 is 1.23 bits per heavy atom. The minimum absolute atomic E-state index is 0.322. The van der Waals surface area contributed by atoms with Gasteiger partial charge in [-0.25, -0.2) is 0 Å². The molecule has 0 aliphatic carbocycles. The van der Waals surface area contributed by atoms with Gasteiger partial charge in [-0.1, -0.05) is 6.07 Å². The van der Waals surface area contributed by atoms with E-state index in [9.17, 15) is 0 Å². The Morgan fingerprint density at radius 2 is 2.19 bits per heavy atom. The predicted molar refractivity (Wildman–Crippen MR) is 102 cm³/mol. The minimum atomic E-state index is 0.322. The number of aromatic nitrogens is 2. The largest absolute Gasteiger partial charge is 0.497 e. The quantitative estimate of drug-likeness (QED) is 0.704. The van der Waals surface area contributed by atoms with Crippen LogP contribution in [-0.4, -0.2) is 41.2 Å². The maximum atomic E-state index is 5.86. The van der Waals surface area contributed by atoms with Crippen LogP contribution in [0.4, 0.5) is 0 Å². The van der Waals surface area contributed by atoms with Gasteiger partial charge in [-0.2, -0.15) is 0 Å². The first-order valence-electron chi connectivity index (χ1n) is 9.19. The molecule has 3 aromatic rings. The van der Waals surface area contributed by atoms with Crippen LogP contribution in [0.1, 0.15) is 24.2 Å². The molecule has 5 nitrogen and oxygen atoms in total. The molecule has 0 bridgehead atoms. The second-order valence-corrected chi connectivity index (χ2v) is 6.87. The molecule has 1 N–H and O–H groups in total. The normalized spacial score (nSPS) is 17.2. The summed E-state index contributed by atoms with van der Waals surface area (Å²) in [5.74, 6) is 0.882. The lowest BCUT2D eigenvalue weighted by atomic mass is 10.2. The number of benzene rings is 1. The number of nitrogens with zero attached hydrogens (tertiary/aromatic N) is 2. The van der Waals surface area contributed by atoms with Crippen molar-refractivity contribution in [3.63, 3.8) is 0 Å². The van der Waals surface area contributed by atoms with Crippen LogP contribution in [0.5, 0.6) is 5.75 Å². The number of methoxy groups -OCH3 is 1. The van der Waals surface area contributed by atoms with Crippen molar-refractivity contribution in [1.29, 1.82) is 0 Å². The van der Waals surface area contributed by atoms with E-state index in [0.717, 1.165) is 56.0 Å². The number of aromatic amines is 1. The average molecular weight is 351 g/mol. The maximum Gasteiger partial charge on any atom is 0.119 e. The smallest absolute Gasteiger partial charge is 0.119 e. The zero-order valence-corrected chi connectivity index (χ0v) is 15.1. The summed E-state index contributed by atoms with van der Waals surface area (Å²) in [5, 5.41) is 1.18. The van der Waals surface area contributed by atoms with Crippen LogP contribution in [0.3, 0.4) is 0 Å². The third-order valence-corrected chi connectivity index (χ3v) is 4.88. The molecular formula is C21H25N3O2. The molecule has 0 radical (unpaired) electrons. The van der Waals surface area contributed by atoms with Crippen LogP contribution >= 0.6 is 0 Å². The molecule has 1 aliphatic rings. The van der Waals surface area contributed by atoms with Crippen LogP contribution in [-0.2, 0) is 17.8 Å². The first-order valence-corrected chi connectivity index (χ1v) is 9.19. The summed E-state index contributed by atoms with van der Waals surface area (Å²) in [6, 6.07) is 14.4. The molecule has 1 aliphatic heterocycles. The predicted octanol–water partition coefficient (Wildman–Crippen LogP) is 3.75. The van der Waals surface area contributed by atoms with Crippen LogP contribution in [0.25, 0.3) is 10.9 Å². The number of hydrogen-bond donors (Lipinski definition) is 1. The summed E-state index contributed by atoms with van der Waals surface area (Å²) in [5.41, 5.74) is 3.42. The molecule has 0 unspecified atom stereocenters. The van der Waals surface area contributed by atoms with Crippen molar-refractivity contribution in [2.45, 2.75) is 32.0 Å². The number of ether oxygens (including phenoxy) is 2. The van der Waals surface area contributed by atoms with Crippen molar-refractivity contribution in [2.24, 2.45) is 0 Å². The second kappa shape index (κ2) is 7.89. The summed E-state index contributed by atoms with van der Waals surface area (Å²) in [6.07, 6.45) is 4.48. The number of pyridine rings is 1. The van der Waals surface area contributed by atoms with E-state index < -0.39 is 0 Å². The zero-order chi connectivity index (χ0) is 17.8.